The number of carbonyl (C=O) groups is 2. The van der Waals surface area contributed by atoms with Gasteiger partial charge in [0, 0.05) is 17.8 Å². The van der Waals surface area contributed by atoms with Crippen LogP contribution in [0.5, 0.6) is 0 Å². The van der Waals surface area contributed by atoms with E-state index in [9.17, 15) is 22.8 Å². The second kappa shape index (κ2) is 7.59. The highest BCUT2D eigenvalue weighted by Crippen LogP contribution is 2.33. The Morgan fingerprint density at radius 1 is 1.41 bits per heavy atom. The van der Waals surface area contributed by atoms with Crippen molar-refractivity contribution >= 4 is 17.6 Å². The molecular weight excluding hydrogens is 363 g/mol. The largest absolute Gasteiger partial charge is 0.416 e. The average Bonchev–Trinajstić information content (AvgIpc) is 2.92. The van der Waals surface area contributed by atoms with Crippen LogP contribution in [-0.4, -0.2) is 41.9 Å². The van der Waals surface area contributed by atoms with Crippen LogP contribution in [0.2, 0.25) is 0 Å². The molecule has 0 spiro atoms. The van der Waals surface area contributed by atoms with E-state index in [0.29, 0.717) is 0 Å². The van der Waals surface area contributed by atoms with E-state index in [1.54, 1.807) is 20.8 Å². The zero-order chi connectivity index (χ0) is 20.4. The van der Waals surface area contributed by atoms with Crippen molar-refractivity contribution in [2.45, 2.75) is 38.7 Å². The fraction of sp³-hybridized carbons (Fsp3) is 0.444. The van der Waals surface area contributed by atoms with Gasteiger partial charge in [-0.3, -0.25) is 14.6 Å². The van der Waals surface area contributed by atoms with E-state index >= 15 is 0 Å². The average molecular weight is 385 g/mol. The van der Waals surface area contributed by atoms with Gasteiger partial charge < -0.3 is 10.1 Å². The number of hydrogen-bond acceptors (Lipinski definition) is 3. The highest BCUT2D eigenvalue weighted by molar-refractivity contribution is 5.99. The Bertz CT molecular complexity index is 729. The van der Waals surface area contributed by atoms with Crippen molar-refractivity contribution in [2.24, 2.45) is 0 Å². The second-order valence-electron chi connectivity index (χ2n) is 6.98. The summed E-state index contributed by atoms with van der Waals surface area (Å²) in [5.74, 6) is -0.613. The van der Waals surface area contributed by atoms with Crippen LogP contribution in [0.25, 0.3) is 0 Å². The number of anilines is 1. The Kier molecular flexibility index (Phi) is 5.84. The van der Waals surface area contributed by atoms with Crippen LogP contribution in [0, 0.1) is 0 Å². The summed E-state index contributed by atoms with van der Waals surface area (Å²) in [4.78, 5) is 27.6. The molecule has 1 aliphatic heterocycles. The molecule has 27 heavy (non-hydrogen) atoms. The predicted molar refractivity (Wildman–Crippen MR) is 93.9 cm³/mol. The van der Waals surface area contributed by atoms with E-state index < -0.39 is 35.4 Å². The van der Waals surface area contributed by atoms with Crippen molar-refractivity contribution in [1.82, 2.24) is 10.2 Å². The molecule has 1 N–H and O–H groups in total. The normalized spacial score (nSPS) is 17.8. The van der Waals surface area contributed by atoms with E-state index in [1.165, 1.54) is 23.1 Å². The molecule has 0 saturated carbocycles. The Morgan fingerprint density at radius 2 is 2.07 bits per heavy atom. The van der Waals surface area contributed by atoms with Gasteiger partial charge in [0.2, 0.25) is 6.23 Å². The lowest BCUT2D eigenvalue weighted by Gasteiger charge is -2.38. The number of urea groups is 1. The predicted octanol–water partition coefficient (Wildman–Crippen LogP) is 3.35. The lowest BCUT2D eigenvalue weighted by molar-refractivity contribution is -0.137. The molecule has 1 aromatic rings. The van der Waals surface area contributed by atoms with Gasteiger partial charge in [0.05, 0.1) is 5.56 Å². The van der Waals surface area contributed by atoms with E-state index in [2.05, 4.69) is 11.9 Å². The number of carbonyl (C=O) groups excluding carboxylic acids is 2. The third-order valence-corrected chi connectivity index (χ3v) is 3.90. The van der Waals surface area contributed by atoms with Crippen molar-refractivity contribution in [3.8, 4) is 0 Å². The van der Waals surface area contributed by atoms with Gasteiger partial charge in [-0.25, -0.2) is 4.79 Å². The third kappa shape index (κ3) is 4.60. The van der Waals surface area contributed by atoms with Gasteiger partial charge in [0.1, 0.15) is 6.73 Å². The van der Waals surface area contributed by atoms with Gasteiger partial charge >= 0.3 is 12.2 Å². The first-order valence-electron chi connectivity index (χ1n) is 8.25. The number of alkyl halides is 3. The summed E-state index contributed by atoms with van der Waals surface area (Å²) in [6, 6.07) is 3.87. The van der Waals surface area contributed by atoms with E-state index in [-0.39, 0.29) is 19.0 Å². The van der Waals surface area contributed by atoms with Crippen molar-refractivity contribution in [3.05, 3.63) is 42.5 Å². The summed E-state index contributed by atoms with van der Waals surface area (Å²) < 4.78 is 44.3. The summed E-state index contributed by atoms with van der Waals surface area (Å²) in [7, 11) is 0. The summed E-state index contributed by atoms with van der Waals surface area (Å²) in [5.41, 5.74) is -1.58. The maximum Gasteiger partial charge on any atom is 0.416 e. The lowest BCUT2D eigenvalue weighted by atomic mass is 10.1. The minimum absolute atomic E-state index is 0.0534. The van der Waals surface area contributed by atoms with Gasteiger partial charge in [-0.1, -0.05) is 12.1 Å². The van der Waals surface area contributed by atoms with Crippen LogP contribution in [0.4, 0.5) is 23.7 Å². The number of hydrogen-bond donors (Lipinski definition) is 1. The molecular formula is C18H22F3N3O3. The highest BCUT2D eigenvalue weighted by Gasteiger charge is 2.45. The summed E-state index contributed by atoms with van der Waals surface area (Å²) in [6.07, 6.45) is -4.28. The quantitative estimate of drug-likeness (QED) is 0.809. The van der Waals surface area contributed by atoms with E-state index in [4.69, 9.17) is 4.74 Å². The molecule has 6 nitrogen and oxygen atoms in total. The van der Waals surface area contributed by atoms with Crippen molar-refractivity contribution in [2.75, 3.05) is 18.2 Å². The number of benzene rings is 1. The minimum atomic E-state index is -4.53. The molecule has 9 heteroatoms. The van der Waals surface area contributed by atoms with Crippen LogP contribution < -0.4 is 10.2 Å². The number of halogens is 3. The molecule has 1 aromatic carbocycles. The number of ether oxygens (including phenoxy) is 1. The standard InChI is InChI=1S/C18H22F3N3O3/c1-5-9-22-16(26)24(17(2,3)4)15-14(25)23(11-27-15)13-8-6-7-12(10-13)18(19,20)21/h5-8,10,15H,1,9,11H2,2-4H3,(H,22,26). The Labute approximate surface area is 155 Å². The first-order valence-corrected chi connectivity index (χ1v) is 8.25. The molecule has 0 aliphatic carbocycles. The highest BCUT2D eigenvalue weighted by atomic mass is 19.4. The fourth-order valence-corrected chi connectivity index (χ4v) is 2.66. The lowest BCUT2D eigenvalue weighted by Crippen LogP contribution is -2.58. The molecule has 1 heterocycles. The molecule has 2 rings (SSSR count). The smallest absolute Gasteiger partial charge is 0.334 e. The molecule has 1 unspecified atom stereocenters. The van der Waals surface area contributed by atoms with Gasteiger partial charge in [0.15, 0.2) is 0 Å². The Hall–Kier alpha value is -2.55. The SMILES string of the molecule is C=CCNC(=O)N(C1OCN(c2cccc(C(F)(F)F)c2)C1=O)C(C)(C)C. The summed E-state index contributed by atoms with van der Waals surface area (Å²) in [5, 5.41) is 2.59. The molecule has 0 radical (unpaired) electrons. The minimum Gasteiger partial charge on any atom is -0.334 e. The van der Waals surface area contributed by atoms with Crippen LogP contribution in [-0.2, 0) is 15.7 Å². The molecule has 1 aliphatic rings. The molecule has 1 atom stereocenters. The van der Waals surface area contributed by atoms with Crippen LogP contribution in [0.15, 0.2) is 36.9 Å². The maximum absolute atomic E-state index is 12.9. The fourth-order valence-electron chi connectivity index (χ4n) is 2.66. The Balaban J connectivity index is 2.29. The first-order chi connectivity index (χ1) is 12.5. The third-order valence-electron chi connectivity index (χ3n) is 3.90. The number of rotatable bonds is 4. The summed E-state index contributed by atoms with van der Waals surface area (Å²) in [6.45, 7) is 8.63. The molecule has 0 bridgehead atoms. The van der Waals surface area contributed by atoms with Gasteiger partial charge in [-0.15, -0.1) is 6.58 Å². The first kappa shape index (κ1) is 20.8. The van der Waals surface area contributed by atoms with Gasteiger partial charge in [-0.05, 0) is 39.0 Å². The maximum atomic E-state index is 12.9. The van der Waals surface area contributed by atoms with Crippen molar-refractivity contribution in [1.29, 1.82) is 0 Å². The molecule has 1 saturated heterocycles. The molecule has 148 valence electrons. The number of nitrogens with zero attached hydrogens (tertiary/aromatic N) is 2. The van der Waals surface area contributed by atoms with Crippen LogP contribution in [0.1, 0.15) is 26.3 Å². The zero-order valence-electron chi connectivity index (χ0n) is 15.3. The van der Waals surface area contributed by atoms with E-state index in [1.807, 2.05) is 0 Å². The summed E-state index contributed by atoms with van der Waals surface area (Å²) >= 11 is 0. The van der Waals surface area contributed by atoms with Crippen LogP contribution in [0.3, 0.4) is 0 Å². The van der Waals surface area contributed by atoms with Gasteiger partial charge in [-0.2, -0.15) is 13.2 Å². The number of nitrogens with one attached hydrogen (secondary N) is 1. The Morgan fingerprint density at radius 3 is 2.63 bits per heavy atom. The molecule has 3 amide bonds. The van der Waals surface area contributed by atoms with E-state index in [0.717, 1.165) is 17.0 Å². The van der Waals surface area contributed by atoms with Crippen molar-refractivity contribution < 1.29 is 27.5 Å². The molecule has 0 aromatic heterocycles. The van der Waals surface area contributed by atoms with Crippen LogP contribution >= 0.6 is 0 Å². The molecule has 1 fully saturated rings. The number of amides is 3. The zero-order valence-corrected chi connectivity index (χ0v) is 15.3. The monoisotopic (exact) mass is 385 g/mol. The topological polar surface area (TPSA) is 61.9 Å². The van der Waals surface area contributed by atoms with Gasteiger partial charge in [0.25, 0.3) is 5.91 Å². The van der Waals surface area contributed by atoms with Crippen molar-refractivity contribution in [3.63, 3.8) is 0 Å². The second-order valence-corrected chi connectivity index (χ2v) is 6.98.